The van der Waals surface area contributed by atoms with Crippen LogP contribution in [0.3, 0.4) is 0 Å². The third-order valence-corrected chi connectivity index (χ3v) is 4.20. The summed E-state index contributed by atoms with van der Waals surface area (Å²) in [7, 11) is 0. The van der Waals surface area contributed by atoms with Gasteiger partial charge in [-0.25, -0.2) is 4.98 Å². The average Bonchev–Trinajstić information content (AvgIpc) is 2.97. The molecule has 0 amide bonds. The molecule has 2 rings (SSSR count). The Hall–Kier alpha value is -1.20. The second kappa shape index (κ2) is 7.71. The number of hydrogen-bond acceptors (Lipinski definition) is 5. The molecule has 1 aliphatic rings. The maximum atomic E-state index is 4.59. The van der Waals surface area contributed by atoms with Crippen LogP contribution < -0.4 is 10.2 Å². The van der Waals surface area contributed by atoms with Gasteiger partial charge in [-0.15, -0.1) is 0 Å². The average molecular weight is 291 g/mol. The first kappa shape index (κ1) is 16.2. The zero-order valence-electron chi connectivity index (χ0n) is 13.8. The van der Waals surface area contributed by atoms with Crippen molar-refractivity contribution in [3.8, 4) is 0 Å². The van der Waals surface area contributed by atoms with Gasteiger partial charge >= 0.3 is 0 Å². The summed E-state index contributed by atoms with van der Waals surface area (Å²) in [5.41, 5.74) is 1.01. The normalized spacial score (nSPS) is 19.0. The van der Waals surface area contributed by atoms with Gasteiger partial charge in [-0.05, 0) is 19.5 Å². The molecule has 118 valence electrons. The molecule has 0 saturated carbocycles. The molecule has 1 aromatic heterocycles. The minimum Gasteiger partial charge on any atom is -0.354 e. The minimum atomic E-state index is 0.472. The first-order chi connectivity index (χ1) is 10.1. The zero-order valence-corrected chi connectivity index (χ0v) is 13.8. The van der Waals surface area contributed by atoms with Crippen LogP contribution in [-0.4, -0.2) is 53.1 Å². The molecule has 1 aromatic rings. The summed E-state index contributed by atoms with van der Waals surface area (Å²) in [4.78, 5) is 14.0. The maximum absolute atomic E-state index is 4.59. The second-order valence-corrected chi connectivity index (χ2v) is 6.01. The Kier molecular flexibility index (Phi) is 5.94. The van der Waals surface area contributed by atoms with Crippen molar-refractivity contribution in [2.75, 3.05) is 31.1 Å². The van der Waals surface area contributed by atoms with E-state index < -0.39 is 0 Å². The highest BCUT2D eigenvalue weighted by molar-refractivity contribution is 5.37. The Bertz CT molecular complexity index is 413. The molecule has 1 atom stereocenters. The molecule has 5 nitrogen and oxygen atoms in total. The number of anilines is 1. The lowest BCUT2D eigenvalue weighted by molar-refractivity contribution is 0.232. The predicted molar refractivity (Wildman–Crippen MR) is 87.5 cm³/mol. The van der Waals surface area contributed by atoms with Gasteiger partial charge in [-0.2, -0.15) is 0 Å². The maximum Gasteiger partial charge on any atom is 0.147 e. The van der Waals surface area contributed by atoms with E-state index in [1.54, 1.807) is 0 Å². The lowest BCUT2D eigenvalue weighted by atomic mass is 10.2. The molecular weight excluding hydrogens is 262 g/mol. The number of nitrogens with one attached hydrogen (secondary N) is 1. The molecule has 0 aliphatic carbocycles. The van der Waals surface area contributed by atoms with Crippen LogP contribution in [0.5, 0.6) is 0 Å². The van der Waals surface area contributed by atoms with Crippen molar-refractivity contribution in [2.24, 2.45) is 0 Å². The third-order valence-electron chi connectivity index (χ3n) is 4.20. The van der Waals surface area contributed by atoms with E-state index in [9.17, 15) is 0 Å². The molecule has 0 radical (unpaired) electrons. The first-order valence-corrected chi connectivity index (χ1v) is 8.17. The number of aromatic nitrogens is 2. The van der Waals surface area contributed by atoms with Crippen molar-refractivity contribution in [1.29, 1.82) is 0 Å². The molecule has 1 aliphatic heterocycles. The number of likely N-dealkylation sites (N-methyl/N-ethyl adjacent to an activating group) is 1. The Labute approximate surface area is 128 Å². The summed E-state index contributed by atoms with van der Waals surface area (Å²) in [5, 5.41) is 3.37. The highest BCUT2D eigenvalue weighted by Gasteiger charge is 2.26. The van der Waals surface area contributed by atoms with Crippen LogP contribution in [0.1, 0.15) is 39.8 Å². The molecule has 2 heterocycles. The monoisotopic (exact) mass is 291 g/mol. The lowest BCUT2D eigenvalue weighted by Gasteiger charge is -2.26. The number of nitrogens with zero attached hydrogens (tertiary/aromatic N) is 4. The molecule has 1 N–H and O–H groups in total. The van der Waals surface area contributed by atoms with E-state index in [4.69, 9.17) is 0 Å². The fourth-order valence-electron chi connectivity index (χ4n) is 2.90. The topological polar surface area (TPSA) is 44.3 Å². The SMILES string of the molecule is CCN(CC)C1CCN(c2cnc(CNC(C)C)cn2)C1. The molecule has 0 aromatic carbocycles. The van der Waals surface area contributed by atoms with Crippen LogP contribution in [0.15, 0.2) is 12.4 Å². The zero-order chi connectivity index (χ0) is 15.2. The van der Waals surface area contributed by atoms with E-state index in [0.717, 1.165) is 44.2 Å². The van der Waals surface area contributed by atoms with Crippen molar-refractivity contribution in [3.63, 3.8) is 0 Å². The Balaban J connectivity index is 1.91. The van der Waals surface area contributed by atoms with E-state index in [1.807, 2.05) is 12.4 Å². The molecular formula is C16H29N5. The molecule has 21 heavy (non-hydrogen) atoms. The predicted octanol–water partition coefficient (Wildman–Crippen LogP) is 1.90. The van der Waals surface area contributed by atoms with E-state index in [2.05, 4.69) is 52.8 Å². The standard InChI is InChI=1S/C16H29N5/c1-5-20(6-2)15-7-8-21(12-15)16-11-18-14(10-19-16)9-17-13(3)4/h10-11,13,15,17H,5-9,12H2,1-4H3. The molecule has 1 saturated heterocycles. The summed E-state index contributed by atoms with van der Waals surface area (Å²) in [6, 6.07) is 1.13. The minimum absolute atomic E-state index is 0.472. The van der Waals surface area contributed by atoms with E-state index in [1.165, 1.54) is 6.42 Å². The Morgan fingerprint density at radius 3 is 2.62 bits per heavy atom. The summed E-state index contributed by atoms with van der Waals surface area (Å²) >= 11 is 0. The van der Waals surface area contributed by atoms with E-state index in [0.29, 0.717) is 12.1 Å². The fraction of sp³-hybridized carbons (Fsp3) is 0.750. The summed E-state index contributed by atoms with van der Waals surface area (Å²) in [6.45, 7) is 13.9. The molecule has 5 heteroatoms. The molecule has 1 unspecified atom stereocenters. The van der Waals surface area contributed by atoms with Crippen molar-refractivity contribution in [1.82, 2.24) is 20.2 Å². The molecule has 0 spiro atoms. The lowest BCUT2D eigenvalue weighted by Crippen LogP contribution is -2.37. The van der Waals surface area contributed by atoms with Gasteiger partial charge in [-0.3, -0.25) is 9.88 Å². The van der Waals surface area contributed by atoms with Crippen LogP contribution in [0.4, 0.5) is 5.82 Å². The van der Waals surface area contributed by atoms with Gasteiger partial charge in [0.2, 0.25) is 0 Å². The van der Waals surface area contributed by atoms with Crippen LogP contribution in [0.25, 0.3) is 0 Å². The quantitative estimate of drug-likeness (QED) is 0.831. The summed E-state index contributed by atoms with van der Waals surface area (Å²) in [5.74, 6) is 1.01. The first-order valence-electron chi connectivity index (χ1n) is 8.17. The van der Waals surface area contributed by atoms with Crippen molar-refractivity contribution < 1.29 is 0 Å². The Morgan fingerprint density at radius 1 is 1.29 bits per heavy atom. The number of hydrogen-bond donors (Lipinski definition) is 1. The smallest absolute Gasteiger partial charge is 0.147 e. The number of rotatable bonds is 7. The largest absolute Gasteiger partial charge is 0.354 e. The van der Waals surface area contributed by atoms with Crippen LogP contribution in [0, 0.1) is 0 Å². The van der Waals surface area contributed by atoms with Gasteiger partial charge < -0.3 is 10.2 Å². The van der Waals surface area contributed by atoms with Gasteiger partial charge in [-0.1, -0.05) is 27.7 Å². The van der Waals surface area contributed by atoms with Gasteiger partial charge in [0.15, 0.2) is 0 Å². The highest BCUT2D eigenvalue weighted by Crippen LogP contribution is 2.20. The van der Waals surface area contributed by atoms with Gasteiger partial charge in [0.1, 0.15) is 5.82 Å². The van der Waals surface area contributed by atoms with E-state index in [-0.39, 0.29) is 0 Å². The molecule has 1 fully saturated rings. The summed E-state index contributed by atoms with van der Waals surface area (Å²) in [6.07, 6.45) is 5.04. The fourth-order valence-corrected chi connectivity index (χ4v) is 2.90. The van der Waals surface area contributed by atoms with Crippen molar-refractivity contribution >= 4 is 5.82 Å². The van der Waals surface area contributed by atoms with Gasteiger partial charge in [0, 0.05) is 31.7 Å². The highest BCUT2D eigenvalue weighted by atomic mass is 15.3. The second-order valence-electron chi connectivity index (χ2n) is 6.01. The molecule has 0 bridgehead atoms. The Morgan fingerprint density at radius 2 is 2.05 bits per heavy atom. The van der Waals surface area contributed by atoms with E-state index >= 15 is 0 Å². The van der Waals surface area contributed by atoms with Crippen LogP contribution >= 0.6 is 0 Å². The van der Waals surface area contributed by atoms with Gasteiger partial charge in [0.25, 0.3) is 0 Å². The van der Waals surface area contributed by atoms with Crippen LogP contribution in [0.2, 0.25) is 0 Å². The van der Waals surface area contributed by atoms with Crippen molar-refractivity contribution in [2.45, 2.75) is 52.7 Å². The third kappa shape index (κ3) is 4.38. The van der Waals surface area contributed by atoms with Crippen molar-refractivity contribution in [3.05, 3.63) is 18.1 Å². The van der Waals surface area contributed by atoms with Crippen LogP contribution in [-0.2, 0) is 6.54 Å². The summed E-state index contributed by atoms with van der Waals surface area (Å²) < 4.78 is 0. The van der Waals surface area contributed by atoms with Gasteiger partial charge in [0.05, 0.1) is 18.1 Å².